The van der Waals surface area contributed by atoms with Crippen molar-refractivity contribution in [2.75, 3.05) is 0 Å². The van der Waals surface area contributed by atoms with E-state index >= 15 is 0 Å². The van der Waals surface area contributed by atoms with Crippen molar-refractivity contribution in [2.45, 2.75) is 80.4 Å². The molecule has 0 amide bonds. The van der Waals surface area contributed by atoms with Crippen molar-refractivity contribution in [1.29, 1.82) is 0 Å². The van der Waals surface area contributed by atoms with Crippen LogP contribution in [0.25, 0.3) is 0 Å². The van der Waals surface area contributed by atoms with E-state index in [4.69, 9.17) is 19.7 Å². The molecule has 0 aromatic heterocycles. The number of rotatable bonds is 2. The molecule has 0 aromatic carbocycles. The molecule has 232 valence electrons. The number of aliphatic hydroxyl groups is 2. The largest absolute Gasteiger partial charge is 2.00 e. The minimum absolute atomic E-state index is 0. The normalized spacial score (nSPS) is 16.2. The van der Waals surface area contributed by atoms with Crippen LogP contribution in [0.15, 0.2) is 23.0 Å². The zero-order valence-electron chi connectivity index (χ0n) is 27.8. The minimum atomic E-state index is -0.304. The summed E-state index contributed by atoms with van der Waals surface area (Å²) in [5.41, 5.74) is 0.993. The van der Waals surface area contributed by atoms with Gasteiger partial charge in [0.1, 0.15) is 11.2 Å². The molecule has 0 heterocycles. The number of ether oxygens (including phenoxy) is 2. The van der Waals surface area contributed by atoms with Crippen LogP contribution in [0, 0.1) is 128 Å². The van der Waals surface area contributed by atoms with E-state index in [1.807, 2.05) is 170 Å². The Bertz CT molecular complexity index is 519. The van der Waals surface area contributed by atoms with Crippen molar-refractivity contribution in [3.63, 3.8) is 0 Å². The van der Waals surface area contributed by atoms with Gasteiger partial charge in [0.05, 0.1) is 0 Å². The van der Waals surface area contributed by atoms with Gasteiger partial charge in [0.25, 0.3) is 11.9 Å². The maximum atomic E-state index is 9.12. The molecule has 0 aliphatic heterocycles. The van der Waals surface area contributed by atoms with Gasteiger partial charge >= 0.3 is 52.4 Å². The van der Waals surface area contributed by atoms with E-state index in [0.29, 0.717) is 0 Å². The number of hydrogen-bond donors (Lipinski definition) is 2. The van der Waals surface area contributed by atoms with Crippen molar-refractivity contribution in [2.24, 2.45) is 0 Å². The molecule has 5 nitrogen and oxygen atoms in total. The van der Waals surface area contributed by atoms with Crippen LogP contribution in [0.5, 0.6) is 0 Å². The standard InChI is InChI=1S/2C8H16O2.4C5H5.H2O.2Zr/c2*1-6(2)7(9)10-8(3,4)5;4*1-2-4-5-3-1;;;/h2*9H,1-5H3;4*1-5H;1H2;;/q;;;;;;;2*+2. The van der Waals surface area contributed by atoms with E-state index in [1.54, 1.807) is 27.7 Å². The molecule has 0 aromatic rings. The van der Waals surface area contributed by atoms with E-state index in [9.17, 15) is 0 Å². The first-order valence-electron chi connectivity index (χ1n) is 13.4. The second-order valence-corrected chi connectivity index (χ2v) is 10.9. The third kappa shape index (κ3) is 46.9. The Hall–Kier alpha value is 0.406. The Labute approximate surface area is 307 Å². The summed E-state index contributed by atoms with van der Waals surface area (Å²) < 4.78 is 10.3. The average molecular weight is 749 g/mol. The van der Waals surface area contributed by atoms with E-state index in [0.717, 1.165) is 11.1 Å². The van der Waals surface area contributed by atoms with Gasteiger partial charge in [-0.25, -0.2) is 0 Å². The van der Waals surface area contributed by atoms with Crippen molar-refractivity contribution in [3.05, 3.63) is 151 Å². The van der Waals surface area contributed by atoms with Gasteiger partial charge < -0.3 is 25.2 Å². The first-order chi connectivity index (χ1) is 18.7. The molecule has 43 heavy (non-hydrogen) atoms. The van der Waals surface area contributed by atoms with Crippen LogP contribution in [-0.2, 0) is 61.9 Å². The Morgan fingerprint density at radius 2 is 0.488 bits per heavy atom. The van der Waals surface area contributed by atoms with E-state index < -0.39 is 0 Å². The van der Waals surface area contributed by atoms with Crippen molar-refractivity contribution in [1.82, 2.24) is 0 Å². The van der Waals surface area contributed by atoms with Crippen LogP contribution in [0.3, 0.4) is 0 Å². The SMILES string of the molecule is CC(C)=C(O)OC(C)(C)C.CC(C)=C(O)OC(C)(C)C.O.[CH]1[CH][CH][CH][CH]1.[CH]1[CH][CH][CH][CH]1.[CH]1[CH][CH][CH][CH]1.[CH]1[CH][CH][CH][CH]1.[Zr+2].[Zr+2]. The molecular weight excluding hydrogens is 695 g/mol. The Morgan fingerprint density at radius 3 is 0.535 bits per heavy atom. The molecule has 7 heteroatoms. The fourth-order valence-corrected chi connectivity index (χ4v) is 2.07. The van der Waals surface area contributed by atoms with E-state index in [2.05, 4.69) is 0 Å². The van der Waals surface area contributed by atoms with Gasteiger partial charge in [0, 0.05) is 11.1 Å². The second kappa shape index (κ2) is 33.8. The molecule has 4 aliphatic rings. The molecule has 4 fully saturated rings. The molecule has 0 bridgehead atoms. The van der Waals surface area contributed by atoms with Crippen molar-refractivity contribution < 1.29 is 77.6 Å². The molecule has 0 unspecified atom stereocenters. The topological polar surface area (TPSA) is 90.4 Å². The predicted octanol–water partition coefficient (Wildman–Crippen LogP) is 8.48. The van der Waals surface area contributed by atoms with Gasteiger partial charge in [0.15, 0.2) is 0 Å². The summed E-state index contributed by atoms with van der Waals surface area (Å²) in [6.07, 6.45) is 40.0. The fraction of sp³-hybridized carbons (Fsp3) is 0.333. The molecule has 4 saturated carbocycles. The van der Waals surface area contributed by atoms with Crippen molar-refractivity contribution >= 4 is 0 Å². The van der Waals surface area contributed by atoms with Gasteiger partial charge in [-0.15, -0.1) is 0 Å². The Balaban J connectivity index is -0.000000136. The summed E-state index contributed by atoms with van der Waals surface area (Å²) in [7, 11) is 0. The van der Waals surface area contributed by atoms with Crippen LogP contribution >= 0.6 is 0 Å². The monoisotopic (exact) mass is 746 g/mol. The zero-order chi connectivity index (χ0) is 30.9. The van der Waals surface area contributed by atoms with Crippen molar-refractivity contribution in [3.8, 4) is 0 Å². The van der Waals surface area contributed by atoms with Gasteiger partial charge in [-0.05, 0) is 198 Å². The summed E-state index contributed by atoms with van der Waals surface area (Å²) >= 11 is 0. The molecule has 4 rings (SSSR count). The van der Waals surface area contributed by atoms with Gasteiger partial charge in [-0.1, -0.05) is 0 Å². The summed E-state index contributed by atoms with van der Waals surface area (Å²) in [6.45, 7) is 18.6. The third-order valence-electron chi connectivity index (χ3n) is 3.88. The smallest absolute Gasteiger partial charge is 0.481 e. The van der Waals surface area contributed by atoms with Crippen LogP contribution in [0.4, 0.5) is 0 Å². The number of hydrogen-bond acceptors (Lipinski definition) is 4. The maximum Gasteiger partial charge on any atom is 2.00 e. The van der Waals surface area contributed by atoms with Crippen LogP contribution < -0.4 is 0 Å². The fourth-order valence-electron chi connectivity index (χ4n) is 2.07. The summed E-state index contributed by atoms with van der Waals surface area (Å²) in [5, 5.41) is 18.2. The molecule has 4 N–H and O–H groups in total. The summed E-state index contributed by atoms with van der Waals surface area (Å²) in [5.74, 6) is 0.0694. The Morgan fingerprint density at radius 1 is 0.372 bits per heavy atom. The van der Waals surface area contributed by atoms with Gasteiger partial charge in [-0.2, -0.15) is 0 Å². The second-order valence-electron chi connectivity index (χ2n) is 10.9. The Kier molecular flexibility index (Phi) is 41.5. The van der Waals surface area contributed by atoms with E-state index in [1.165, 1.54) is 0 Å². The molecule has 0 spiro atoms. The maximum absolute atomic E-state index is 9.12. The minimum Gasteiger partial charge on any atom is -0.481 e. The molecule has 0 saturated heterocycles. The first-order valence-corrected chi connectivity index (χ1v) is 13.4. The average Bonchev–Trinajstić information content (AvgIpc) is 3.71. The number of allylic oxidation sites excluding steroid dienone is 2. The quantitative estimate of drug-likeness (QED) is 0.278. The van der Waals surface area contributed by atoms with E-state index in [-0.39, 0.29) is 81.0 Å². The summed E-state index contributed by atoms with van der Waals surface area (Å²) in [6, 6.07) is 0. The molecule has 20 radical (unpaired) electrons. The van der Waals surface area contributed by atoms with Crippen LogP contribution in [0.1, 0.15) is 69.2 Å². The number of aliphatic hydroxyl groups excluding tert-OH is 2. The van der Waals surface area contributed by atoms with Crippen LogP contribution in [-0.4, -0.2) is 26.9 Å². The first kappa shape index (κ1) is 52.9. The van der Waals surface area contributed by atoms with Gasteiger partial charge in [0.2, 0.25) is 0 Å². The molecular formula is C36H54O5Zr2+4. The van der Waals surface area contributed by atoms with Crippen LogP contribution in [0.2, 0.25) is 0 Å². The molecule has 0 atom stereocenters. The van der Waals surface area contributed by atoms with Gasteiger partial charge in [-0.3, -0.25) is 0 Å². The summed E-state index contributed by atoms with van der Waals surface area (Å²) in [4.78, 5) is 0. The zero-order valence-corrected chi connectivity index (χ0v) is 32.7. The predicted molar refractivity (Wildman–Crippen MR) is 173 cm³/mol. The third-order valence-corrected chi connectivity index (χ3v) is 3.88. The molecule has 4 aliphatic carbocycles.